The van der Waals surface area contributed by atoms with Crippen LogP contribution >= 0.6 is 0 Å². The van der Waals surface area contributed by atoms with Crippen LogP contribution in [-0.2, 0) is 4.74 Å². The molecule has 2 aromatic heterocycles. The third kappa shape index (κ3) is 3.62. The molecule has 0 aromatic carbocycles. The third-order valence-electron chi connectivity index (χ3n) is 4.87. The van der Waals surface area contributed by atoms with E-state index in [2.05, 4.69) is 19.8 Å². The van der Waals surface area contributed by atoms with E-state index in [1.54, 1.807) is 6.20 Å². The summed E-state index contributed by atoms with van der Waals surface area (Å²) in [5.74, 6) is 1.98. The molecular weight excluding hydrogens is 330 g/mol. The molecule has 2 fully saturated rings. The van der Waals surface area contributed by atoms with Crippen LogP contribution < -0.4 is 9.80 Å². The van der Waals surface area contributed by atoms with Crippen molar-refractivity contribution in [2.75, 3.05) is 62.3 Å². The van der Waals surface area contributed by atoms with E-state index in [1.807, 2.05) is 41.4 Å². The molecule has 136 valence electrons. The SMILES string of the molecule is O=C(c1ccc(N2CCN(c3ccccn3)CC2)nc1)N1CCOCC1. The molecule has 0 saturated carbocycles. The summed E-state index contributed by atoms with van der Waals surface area (Å²) in [6.07, 6.45) is 3.52. The number of hydrogen-bond acceptors (Lipinski definition) is 6. The summed E-state index contributed by atoms with van der Waals surface area (Å²) < 4.78 is 5.30. The number of nitrogens with zero attached hydrogens (tertiary/aromatic N) is 5. The fourth-order valence-corrected chi connectivity index (χ4v) is 3.35. The van der Waals surface area contributed by atoms with E-state index in [-0.39, 0.29) is 5.91 Å². The number of hydrogen-bond donors (Lipinski definition) is 0. The number of carbonyl (C=O) groups is 1. The summed E-state index contributed by atoms with van der Waals surface area (Å²) in [6.45, 7) is 6.11. The molecule has 4 heterocycles. The highest BCUT2D eigenvalue weighted by atomic mass is 16.5. The van der Waals surface area contributed by atoms with E-state index < -0.39 is 0 Å². The van der Waals surface area contributed by atoms with Crippen molar-refractivity contribution in [1.82, 2.24) is 14.9 Å². The van der Waals surface area contributed by atoms with Gasteiger partial charge in [-0.2, -0.15) is 0 Å². The van der Waals surface area contributed by atoms with Crippen molar-refractivity contribution in [1.29, 1.82) is 0 Å². The van der Waals surface area contributed by atoms with Gasteiger partial charge in [-0.05, 0) is 24.3 Å². The molecule has 26 heavy (non-hydrogen) atoms. The van der Waals surface area contributed by atoms with Crippen LogP contribution in [0.2, 0.25) is 0 Å². The lowest BCUT2D eigenvalue weighted by atomic mass is 10.2. The maximum absolute atomic E-state index is 12.5. The molecule has 0 N–H and O–H groups in total. The summed E-state index contributed by atoms with van der Waals surface area (Å²) in [7, 11) is 0. The number of anilines is 2. The molecule has 4 rings (SSSR count). The Bertz CT molecular complexity index is 723. The highest BCUT2D eigenvalue weighted by molar-refractivity contribution is 5.94. The van der Waals surface area contributed by atoms with E-state index in [1.165, 1.54) is 0 Å². The number of ether oxygens (including phenoxy) is 1. The second-order valence-electron chi connectivity index (χ2n) is 6.47. The third-order valence-corrected chi connectivity index (χ3v) is 4.87. The Kier molecular flexibility index (Phi) is 4.97. The molecule has 7 nitrogen and oxygen atoms in total. The largest absolute Gasteiger partial charge is 0.378 e. The fourth-order valence-electron chi connectivity index (χ4n) is 3.35. The Hall–Kier alpha value is -2.67. The Balaban J connectivity index is 1.36. The van der Waals surface area contributed by atoms with Crippen LogP contribution in [0.1, 0.15) is 10.4 Å². The Morgan fingerprint density at radius 2 is 1.54 bits per heavy atom. The lowest BCUT2D eigenvalue weighted by molar-refractivity contribution is 0.0302. The Labute approximate surface area is 153 Å². The van der Waals surface area contributed by atoms with Crippen molar-refractivity contribution in [3.63, 3.8) is 0 Å². The normalized spacial score (nSPS) is 18.1. The van der Waals surface area contributed by atoms with Crippen LogP contribution in [0, 0.1) is 0 Å². The van der Waals surface area contributed by atoms with E-state index >= 15 is 0 Å². The molecule has 7 heteroatoms. The quantitative estimate of drug-likeness (QED) is 0.828. The Morgan fingerprint density at radius 1 is 0.846 bits per heavy atom. The number of pyridine rings is 2. The maximum atomic E-state index is 12.5. The summed E-state index contributed by atoms with van der Waals surface area (Å²) in [5, 5.41) is 0. The van der Waals surface area contributed by atoms with Crippen LogP contribution in [0.25, 0.3) is 0 Å². The number of morpholine rings is 1. The fraction of sp³-hybridized carbons (Fsp3) is 0.421. The molecule has 0 atom stereocenters. The van der Waals surface area contributed by atoms with Gasteiger partial charge in [0.1, 0.15) is 11.6 Å². The van der Waals surface area contributed by atoms with Gasteiger partial charge in [0.15, 0.2) is 0 Å². The molecule has 2 aliphatic rings. The molecule has 2 aromatic rings. The molecule has 0 aliphatic carbocycles. The molecule has 2 saturated heterocycles. The summed E-state index contributed by atoms with van der Waals surface area (Å²) in [4.78, 5) is 27.8. The van der Waals surface area contributed by atoms with Crippen molar-refractivity contribution < 1.29 is 9.53 Å². The van der Waals surface area contributed by atoms with Gasteiger partial charge in [-0.3, -0.25) is 4.79 Å². The van der Waals surface area contributed by atoms with Crippen molar-refractivity contribution >= 4 is 17.5 Å². The van der Waals surface area contributed by atoms with Gasteiger partial charge in [0.05, 0.1) is 18.8 Å². The maximum Gasteiger partial charge on any atom is 0.255 e. The molecule has 0 bridgehead atoms. The van der Waals surface area contributed by atoms with Gasteiger partial charge >= 0.3 is 0 Å². The molecule has 1 amide bonds. The van der Waals surface area contributed by atoms with Crippen LogP contribution in [0.4, 0.5) is 11.6 Å². The first-order valence-corrected chi connectivity index (χ1v) is 9.05. The highest BCUT2D eigenvalue weighted by Crippen LogP contribution is 2.18. The van der Waals surface area contributed by atoms with Gasteiger partial charge in [0.25, 0.3) is 5.91 Å². The first-order valence-electron chi connectivity index (χ1n) is 9.05. The number of amides is 1. The van der Waals surface area contributed by atoms with Crippen LogP contribution in [0.3, 0.4) is 0 Å². The molecule has 0 unspecified atom stereocenters. The summed E-state index contributed by atoms with van der Waals surface area (Å²) in [6, 6.07) is 9.82. The van der Waals surface area contributed by atoms with E-state index in [4.69, 9.17) is 4.74 Å². The molecule has 2 aliphatic heterocycles. The standard InChI is InChI=1S/C19H23N5O2/c25-19(24-11-13-26-14-12-24)16-4-5-18(21-15-16)23-9-7-22(8-10-23)17-3-1-2-6-20-17/h1-6,15H,7-14H2. The second kappa shape index (κ2) is 7.70. The average molecular weight is 353 g/mol. The minimum absolute atomic E-state index is 0.0346. The van der Waals surface area contributed by atoms with Gasteiger partial charge in [-0.25, -0.2) is 9.97 Å². The zero-order chi connectivity index (χ0) is 17.8. The predicted molar refractivity (Wildman–Crippen MR) is 99.6 cm³/mol. The lowest BCUT2D eigenvalue weighted by Gasteiger charge is -2.36. The molecule has 0 spiro atoms. The Morgan fingerprint density at radius 3 is 2.12 bits per heavy atom. The van der Waals surface area contributed by atoms with Crippen LogP contribution in [0.15, 0.2) is 42.7 Å². The summed E-state index contributed by atoms with van der Waals surface area (Å²) >= 11 is 0. The van der Waals surface area contributed by atoms with Crippen molar-refractivity contribution in [2.24, 2.45) is 0 Å². The number of carbonyl (C=O) groups excluding carboxylic acids is 1. The van der Waals surface area contributed by atoms with Gasteiger partial charge in [0.2, 0.25) is 0 Å². The average Bonchev–Trinajstić information content (AvgIpc) is 2.75. The van der Waals surface area contributed by atoms with E-state index in [9.17, 15) is 4.79 Å². The minimum Gasteiger partial charge on any atom is -0.378 e. The van der Waals surface area contributed by atoms with Crippen LogP contribution in [-0.4, -0.2) is 73.3 Å². The smallest absolute Gasteiger partial charge is 0.255 e. The highest BCUT2D eigenvalue weighted by Gasteiger charge is 2.21. The van der Waals surface area contributed by atoms with E-state index in [0.29, 0.717) is 31.9 Å². The van der Waals surface area contributed by atoms with Crippen LogP contribution in [0.5, 0.6) is 0 Å². The minimum atomic E-state index is 0.0346. The molecular formula is C19H23N5O2. The van der Waals surface area contributed by atoms with Crippen molar-refractivity contribution in [3.05, 3.63) is 48.3 Å². The van der Waals surface area contributed by atoms with Crippen molar-refractivity contribution in [2.45, 2.75) is 0 Å². The number of aromatic nitrogens is 2. The number of piperazine rings is 1. The zero-order valence-electron chi connectivity index (χ0n) is 14.8. The van der Waals surface area contributed by atoms with Gasteiger partial charge in [0, 0.05) is 51.7 Å². The van der Waals surface area contributed by atoms with Gasteiger partial charge in [-0.15, -0.1) is 0 Å². The first kappa shape index (κ1) is 16.8. The zero-order valence-corrected chi connectivity index (χ0v) is 14.8. The van der Waals surface area contributed by atoms with Gasteiger partial charge < -0.3 is 19.4 Å². The van der Waals surface area contributed by atoms with Crippen molar-refractivity contribution in [3.8, 4) is 0 Å². The van der Waals surface area contributed by atoms with E-state index in [0.717, 1.165) is 37.8 Å². The summed E-state index contributed by atoms with van der Waals surface area (Å²) in [5.41, 5.74) is 0.641. The second-order valence-corrected chi connectivity index (χ2v) is 6.47. The van der Waals surface area contributed by atoms with Gasteiger partial charge in [-0.1, -0.05) is 6.07 Å². The molecule has 0 radical (unpaired) electrons. The topological polar surface area (TPSA) is 61.8 Å². The predicted octanol–water partition coefficient (Wildman–Crippen LogP) is 1.28. The monoisotopic (exact) mass is 353 g/mol. The lowest BCUT2D eigenvalue weighted by Crippen LogP contribution is -2.47. The number of rotatable bonds is 3. The first-order chi connectivity index (χ1) is 12.8.